The molecule has 0 aliphatic carbocycles. The van der Waals surface area contributed by atoms with Crippen molar-refractivity contribution >= 4 is 11.9 Å². The zero-order valence-corrected chi connectivity index (χ0v) is 11.0. The van der Waals surface area contributed by atoms with Crippen molar-refractivity contribution in [2.75, 3.05) is 13.7 Å². The van der Waals surface area contributed by atoms with Crippen molar-refractivity contribution in [3.63, 3.8) is 0 Å². The first-order valence-electron chi connectivity index (χ1n) is 6.06. The highest BCUT2D eigenvalue weighted by molar-refractivity contribution is 5.93. The first kappa shape index (κ1) is 14.9. The lowest BCUT2D eigenvalue weighted by molar-refractivity contribution is -0.138. The van der Waals surface area contributed by atoms with Crippen molar-refractivity contribution in [3.05, 3.63) is 23.9 Å². The minimum absolute atomic E-state index is 0.0532. The molecule has 1 aromatic rings. The van der Waals surface area contributed by atoms with E-state index in [0.29, 0.717) is 24.4 Å². The third-order valence-corrected chi connectivity index (χ3v) is 2.80. The van der Waals surface area contributed by atoms with Gasteiger partial charge in [0.05, 0.1) is 12.7 Å². The Morgan fingerprint density at radius 1 is 1.47 bits per heavy atom. The van der Waals surface area contributed by atoms with Gasteiger partial charge in [0.2, 0.25) is 5.88 Å². The summed E-state index contributed by atoms with van der Waals surface area (Å²) in [5.41, 5.74) is 0.422. The normalized spacial score (nSPS) is 11.7. The van der Waals surface area contributed by atoms with E-state index in [0.717, 1.165) is 0 Å². The second-order valence-electron chi connectivity index (χ2n) is 4.17. The third-order valence-electron chi connectivity index (χ3n) is 2.80. The van der Waals surface area contributed by atoms with E-state index in [1.54, 1.807) is 12.1 Å². The number of hydrogen-bond acceptors (Lipinski definition) is 4. The van der Waals surface area contributed by atoms with Gasteiger partial charge in [0.1, 0.15) is 0 Å². The van der Waals surface area contributed by atoms with Gasteiger partial charge >= 0.3 is 5.97 Å². The van der Waals surface area contributed by atoms with Crippen LogP contribution in [0.2, 0.25) is 0 Å². The fraction of sp³-hybridized carbons (Fsp3) is 0.462. The summed E-state index contributed by atoms with van der Waals surface area (Å²) < 4.78 is 4.90. The maximum atomic E-state index is 11.8. The van der Waals surface area contributed by atoms with Crippen LogP contribution in [0.4, 0.5) is 0 Å². The van der Waals surface area contributed by atoms with Crippen LogP contribution in [0.3, 0.4) is 0 Å². The second kappa shape index (κ2) is 7.35. The number of nitrogens with one attached hydrogen (secondary N) is 1. The number of carboxylic acids is 1. The van der Waals surface area contributed by atoms with E-state index in [1.807, 2.05) is 6.92 Å². The Bertz CT molecular complexity index is 431. The average molecular weight is 266 g/mol. The molecule has 1 rings (SSSR count). The summed E-state index contributed by atoms with van der Waals surface area (Å²) in [6.07, 6.45) is 2.18. The minimum Gasteiger partial charge on any atom is -0.481 e. The smallest absolute Gasteiger partial charge is 0.303 e. The summed E-state index contributed by atoms with van der Waals surface area (Å²) in [5, 5.41) is 11.4. The van der Waals surface area contributed by atoms with E-state index >= 15 is 0 Å². The van der Waals surface area contributed by atoms with Crippen molar-refractivity contribution in [1.29, 1.82) is 0 Å². The van der Waals surface area contributed by atoms with Crippen LogP contribution in [0, 0.1) is 5.92 Å². The monoisotopic (exact) mass is 266 g/mol. The largest absolute Gasteiger partial charge is 0.481 e. The fourth-order valence-electron chi connectivity index (χ4n) is 1.58. The van der Waals surface area contributed by atoms with Gasteiger partial charge in [-0.1, -0.05) is 13.3 Å². The van der Waals surface area contributed by atoms with Crippen LogP contribution < -0.4 is 10.1 Å². The first-order valence-corrected chi connectivity index (χ1v) is 6.06. The van der Waals surface area contributed by atoms with E-state index in [1.165, 1.54) is 13.3 Å². The molecule has 0 aliphatic rings. The molecule has 0 bridgehead atoms. The van der Waals surface area contributed by atoms with E-state index in [9.17, 15) is 9.59 Å². The lowest BCUT2D eigenvalue weighted by Crippen LogP contribution is -2.30. The molecule has 6 nitrogen and oxygen atoms in total. The van der Waals surface area contributed by atoms with Crippen LogP contribution in [0.25, 0.3) is 0 Å². The zero-order chi connectivity index (χ0) is 14.3. The predicted octanol–water partition coefficient (Wildman–Crippen LogP) is 1.32. The van der Waals surface area contributed by atoms with Crippen molar-refractivity contribution in [2.24, 2.45) is 5.92 Å². The molecule has 6 heteroatoms. The van der Waals surface area contributed by atoms with E-state index in [2.05, 4.69) is 10.3 Å². The molecule has 0 aromatic carbocycles. The van der Waals surface area contributed by atoms with Gasteiger partial charge in [0.15, 0.2) is 0 Å². The van der Waals surface area contributed by atoms with Gasteiger partial charge in [-0.15, -0.1) is 0 Å². The molecule has 0 radical (unpaired) electrons. The lowest BCUT2D eigenvalue weighted by atomic mass is 10.0. The van der Waals surface area contributed by atoms with Crippen LogP contribution in [-0.4, -0.2) is 35.6 Å². The number of carbonyl (C=O) groups is 2. The van der Waals surface area contributed by atoms with Gasteiger partial charge in [0, 0.05) is 25.2 Å². The minimum atomic E-state index is -0.854. The maximum absolute atomic E-state index is 11.8. The van der Waals surface area contributed by atoms with Gasteiger partial charge in [-0.2, -0.15) is 0 Å². The van der Waals surface area contributed by atoms with Crippen molar-refractivity contribution in [2.45, 2.75) is 19.8 Å². The predicted molar refractivity (Wildman–Crippen MR) is 69.2 cm³/mol. The molecule has 0 saturated heterocycles. The van der Waals surface area contributed by atoms with Crippen LogP contribution >= 0.6 is 0 Å². The molecule has 1 unspecified atom stereocenters. The molecular weight excluding hydrogens is 248 g/mol. The number of ether oxygens (including phenoxy) is 1. The lowest BCUT2D eigenvalue weighted by Gasteiger charge is -2.13. The quantitative estimate of drug-likeness (QED) is 0.777. The van der Waals surface area contributed by atoms with Crippen molar-refractivity contribution in [3.8, 4) is 5.88 Å². The maximum Gasteiger partial charge on any atom is 0.303 e. The van der Waals surface area contributed by atoms with Gasteiger partial charge in [-0.05, 0) is 12.0 Å². The van der Waals surface area contributed by atoms with Gasteiger partial charge in [-0.25, -0.2) is 4.98 Å². The van der Waals surface area contributed by atoms with Crippen LogP contribution in [-0.2, 0) is 4.79 Å². The first-order chi connectivity index (χ1) is 9.06. The zero-order valence-electron chi connectivity index (χ0n) is 11.0. The topological polar surface area (TPSA) is 88.5 Å². The Labute approximate surface area is 111 Å². The molecular formula is C13H18N2O4. The number of carboxylic acid groups (broad SMARTS) is 1. The number of nitrogens with zero attached hydrogens (tertiary/aromatic N) is 1. The van der Waals surface area contributed by atoms with Crippen LogP contribution in [0.5, 0.6) is 5.88 Å². The summed E-state index contributed by atoms with van der Waals surface area (Å²) in [7, 11) is 1.50. The molecule has 19 heavy (non-hydrogen) atoms. The molecule has 0 aliphatic heterocycles. The van der Waals surface area contributed by atoms with E-state index in [-0.39, 0.29) is 18.2 Å². The molecule has 1 atom stereocenters. The summed E-state index contributed by atoms with van der Waals surface area (Å²) >= 11 is 0. The summed E-state index contributed by atoms with van der Waals surface area (Å²) in [5.74, 6) is -0.743. The third kappa shape index (κ3) is 4.95. The highest BCUT2D eigenvalue weighted by Gasteiger charge is 2.13. The average Bonchev–Trinajstić information content (AvgIpc) is 2.42. The molecule has 0 fully saturated rings. The number of hydrogen-bond donors (Lipinski definition) is 2. The molecule has 0 spiro atoms. The number of amides is 1. The summed E-state index contributed by atoms with van der Waals surface area (Å²) in [4.78, 5) is 26.4. The van der Waals surface area contributed by atoms with Gasteiger partial charge in [-0.3, -0.25) is 9.59 Å². The Kier molecular flexibility index (Phi) is 5.78. The number of pyridine rings is 1. The molecule has 104 valence electrons. The molecule has 1 aromatic heterocycles. The Balaban J connectivity index is 2.51. The SMILES string of the molecule is CCC(CNC(=O)c1ccc(OC)nc1)CC(=O)O. The summed E-state index contributed by atoms with van der Waals surface area (Å²) in [6, 6.07) is 3.21. The highest BCUT2D eigenvalue weighted by atomic mass is 16.5. The van der Waals surface area contributed by atoms with Crippen LogP contribution in [0.1, 0.15) is 30.1 Å². The fourth-order valence-corrected chi connectivity index (χ4v) is 1.58. The number of aliphatic carboxylic acids is 1. The van der Waals surface area contributed by atoms with Crippen molar-refractivity contribution in [1.82, 2.24) is 10.3 Å². The molecule has 2 N–H and O–H groups in total. The molecule has 0 saturated carbocycles. The molecule has 1 amide bonds. The van der Waals surface area contributed by atoms with Crippen molar-refractivity contribution < 1.29 is 19.4 Å². The molecule has 1 heterocycles. The second-order valence-corrected chi connectivity index (χ2v) is 4.17. The Morgan fingerprint density at radius 2 is 2.21 bits per heavy atom. The number of rotatable bonds is 7. The highest BCUT2D eigenvalue weighted by Crippen LogP contribution is 2.09. The van der Waals surface area contributed by atoms with Gasteiger partial charge in [0.25, 0.3) is 5.91 Å². The van der Waals surface area contributed by atoms with Gasteiger partial charge < -0.3 is 15.2 Å². The van der Waals surface area contributed by atoms with E-state index < -0.39 is 5.97 Å². The van der Waals surface area contributed by atoms with E-state index in [4.69, 9.17) is 9.84 Å². The summed E-state index contributed by atoms with van der Waals surface area (Å²) in [6.45, 7) is 2.24. The standard InChI is InChI=1S/C13H18N2O4/c1-3-9(6-12(16)17)7-15-13(18)10-4-5-11(19-2)14-8-10/h4-5,8-9H,3,6-7H2,1-2H3,(H,15,18)(H,16,17). The Morgan fingerprint density at radius 3 is 2.68 bits per heavy atom. The van der Waals surface area contributed by atoms with Crippen LogP contribution in [0.15, 0.2) is 18.3 Å². The number of carbonyl (C=O) groups excluding carboxylic acids is 1. The Hall–Kier alpha value is -2.11. The number of methoxy groups -OCH3 is 1. The number of aromatic nitrogens is 1.